The smallest absolute Gasteiger partial charge is 0.218 e. The Morgan fingerprint density at radius 1 is 1.35 bits per heavy atom. The normalized spacial score (nSPS) is 17.7. The van der Waals surface area contributed by atoms with Crippen LogP contribution >= 0.6 is 12.4 Å². The average Bonchev–Trinajstić information content (AvgIpc) is 2.38. The van der Waals surface area contributed by atoms with Gasteiger partial charge < -0.3 is 5.32 Å². The minimum Gasteiger partial charge on any atom is -0.317 e. The molecule has 1 aromatic rings. The SMILES string of the molecule is CNC1CCN(S(=O)(=O)Cc2cccc(F)c2)CC1.Cl. The van der Waals surface area contributed by atoms with E-state index < -0.39 is 15.8 Å². The molecule has 0 spiro atoms. The lowest BCUT2D eigenvalue weighted by atomic mass is 10.1. The molecule has 1 heterocycles. The van der Waals surface area contributed by atoms with Crippen LogP contribution in [-0.4, -0.2) is 38.9 Å². The van der Waals surface area contributed by atoms with Gasteiger partial charge in [-0.15, -0.1) is 12.4 Å². The van der Waals surface area contributed by atoms with Crippen LogP contribution in [0.2, 0.25) is 0 Å². The summed E-state index contributed by atoms with van der Waals surface area (Å²) in [6.07, 6.45) is 1.64. The maximum atomic E-state index is 13.1. The number of sulfonamides is 1. The third kappa shape index (κ3) is 4.41. The van der Waals surface area contributed by atoms with Crippen LogP contribution < -0.4 is 5.32 Å². The molecule has 0 unspecified atom stereocenters. The number of rotatable bonds is 4. The Morgan fingerprint density at radius 2 is 2.00 bits per heavy atom. The molecule has 0 saturated carbocycles. The average molecular weight is 323 g/mol. The van der Waals surface area contributed by atoms with E-state index in [1.807, 2.05) is 7.05 Å². The van der Waals surface area contributed by atoms with E-state index in [-0.39, 0.29) is 18.2 Å². The van der Waals surface area contributed by atoms with Gasteiger partial charge in [-0.1, -0.05) is 12.1 Å². The molecule has 1 N–H and O–H groups in total. The van der Waals surface area contributed by atoms with Gasteiger partial charge in [0.05, 0.1) is 5.75 Å². The third-order valence-electron chi connectivity index (χ3n) is 3.49. The molecule has 1 saturated heterocycles. The lowest BCUT2D eigenvalue weighted by Crippen LogP contribution is -2.44. The van der Waals surface area contributed by atoms with Gasteiger partial charge in [-0.05, 0) is 37.6 Å². The number of benzene rings is 1. The maximum absolute atomic E-state index is 13.1. The topological polar surface area (TPSA) is 49.4 Å². The molecule has 0 aromatic heterocycles. The summed E-state index contributed by atoms with van der Waals surface area (Å²) in [5.74, 6) is -0.531. The Morgan fingerprint density at radius 3 is 2.55 bits per heavy atom. The van der Waals surface area contributed by atoms with E-state index in [0.717, 1.165) is 12.8 Å². The van der Waals surface area contributed by atoms with Crippen molar-refractivity contribution in [3.05, 3.63) is 35.6 Å². The molecule has 2 rings (SSSR count). The fourth-order valence-electron chi connectivity index (χ4n) is 2.35. The van der Waals surface area contributed by atoms with Gasteiger partial charge in [-0.3, -0.25) is 0 Å². The van der Waals surface area contributed by atoms with Crippen LogP contribution in [0, 0.1) is 5.82 Å². The fourth-order valence-corrected chi connectivity index (χ4v) is 3.90. The molecule has 0 radical (unpaired) electrons. The van der Waals surface area contributed by atoms with Crippen LogP contribution in [0.4, 0.5) is 4.39 Å². The third-order valence-corrected chi connectivity index (χ3v) is 5.34. The van der Waals surface area contributed by atoms with Crippen molar-refractivity contribution < 1.29 is 12.8 Å². The van der Waals surface area contributed by atoms with E-state index in [0.29, 0.717) is 24.7 Å². The molecule has 114 valence electrons. The molecule has 7 heteroatoms. The van der Waals surface area contributed by atoms with Crippen molar-refractivity contribution in [2.24, 2.45) is 0 Å². The number of hydrogen-bond acceptors (Lipinski definition) is 3. The van der Waals surface area contributed by atoms with Crippen molar-refractivity contribution in [3.63, 3.8) is 0 Å². The zero-order valence-electron chi connectivity index (χ0n) is 11.4. The Kier molecular flexibility index (Phi) is 6.39. The minimum atomic E-state index is -3.35. The van der Waals surface area contributed by atoms with Crippen molar-refractivity contribution in [2.75, 3.05) is 20.1 Å². The van der Waals surface area contributed by atoms with E-state index in [9.17, 15) is 12.8 Å². The monoisotopic (exact) mass is 322 g/mol. The molecule has 1 fully saturated rings. The largest absolute Gasteiger partial charge is 0.317 e. The summed E-state index contributed by atoms with van der Waals surface area (Å²) in [5.41, 5.74) is 0.496. The van der Waals surface area contributed by atoms with Gasteiger partial charge in [0.1, 0.15) is 5.82 Å². The molecule has 20 heavy (non-hydrogen) atoms. The highest BCUT2D eigenvalue weighted by Gasteiger charge is 2.27. The number of nitrogens with zero attached hydrogens (tertiary/aromatic N) is 1. The molecular weight excluding hydrogens is 303 g/mol. The van der Waals surface area contributed by atoms with Crippen LogP contribution in [0.1, 0.15) is 18.4 Å². The van der Waals surface area contributed by atoms with E-state index in [4.69, 9.17) is 0 Å². The van der Waals surface area contributed by atoms with Crippen molar-refractivity contribution >= 4 is 22.4 Å². The van der Waals surface area contributed by atoms with Crippen molar-refractivity contribution in [1.29, 1.82) is 0 Å². The highest BCUT2D eigenvalue weighted by molar-refractivity contribution is 7.88. The zero-order chi connectivity index (χ0) is 13.9. The molecule has 1 aliphatic rings. The summed E-state index contributed by atoms with van der Waals surface area (Å²) >= 11 is 0. The van der Waals surface area contributed by atoms with Crippen LogP contribution in [0.5, 0.6) is 0 Å². The lowest BCUT2D eigenvalue weighted by molar-refractivity contribution is 0.298. The first kappa shape index (κ1) is 17.4. The van der Waals surface area contributed by atoms with Gasteiger partial charge in [-0.2, -0.15) is 0 Å². The van der Waals surface area contributed by atoms with Gasteiger partial charge in [-0.25, -0.2) is 17.1 Å². The van der Waals surface area contributed by atoms with E-state index >= 15 is 0 Å². The van der Waals surface area contributed by atoms with Gasteiger partial charge in [0, 0.05) is 19.1 Å². The Labute approximate surface area is 125 Å². The number of piperidine rings is 1. The summed E-state index contributed by atoms with van der Waals surface area (Å²) in [5, 5.41) is 3.16. The summed E-state index contributed by atoms with van der Waals surface area (Å²) in [4.78, 5) is 0. The van der Waals surface area contributed by atoms with Crippen LogP contribution in [-0.2, 0) is 15.8 Å². The molecule has 1 aromatic carbocycles. The quantitative estimate of drug-likeness (QED) is 0.919. The second-order valence-electron chi connectivity index (χ2n) is 4.85. The first-order valence-corrected chi connectivity index (χ1v) is 8.02. The van der Waals surface area contributed by atoms with Gasteiger partial charge >= 0.3 is 0 Å². The molecule has 0 amide bonds. The standard InChI is InChI=1S/C13H19FN2O2S.ClH/c1-15-13-5-7-16(8-6-13)19(17,18)10-11-3-2-4-12(14)9-11;/h2-4,9,13,15H,5-8,10H2,1H3;1H. The van der Waals surface area contributed by atoms with Gasteiger partial charge in [0.25, 0.3) is 0 Å². The molecule has 0 bridgehead atoms. The fraction of sp³-hybridized carbons (Fsp3) is 0.538. The molecular formula is C13H20ClFN2O2S. The second kappa shape index (κ2) is 7.36. The first-order chi connectivity index (χ1) is 9.01. The van der Waals surface area contributed by atoms with E-state index in [1.54, 1.807) is 6.07 Å². The Balaban J connectivity index is 0.00000200. The molecule has 4 nitrogen and oxygen atoms in total. The highest BCUT2D eigenvalue weighted by Crippen LogP contribution is 2.17. The molecule has 1 aliphatic heterocycles. The zero-order valence-corrected chi connectivity index (χ0v) is 13.0. The molecule has 0 aliphatic carbocycles. The predicted molar refractivity (Wildman–Crippen MR) is 79.9 cm³/mol. The molecule has 0 atom stereocenters. The Hall–Kier alpha value is -0.690. The number of hydrogen-bond donors (Lipinski definition) is 1. The van der Waals surface area contributed by atoms with Crippen molar-refractivity contribution in [3.8, 4) is 0 Å². The summed E-state index contributed by atoms with van der Waals surface area (Å²) in [6.45, 7) is 1.06. The van der Waals surface area contributed by atoms with Crippen molar-refractivity contribution in [1.82, 2.24) is 9.62 Å². The van der Waals surface area contributed by atoms with Gasteiger partial charge in [0.2, 0.25) is 10.0 Å². The number of halogens is 2. The maximum Gasteiger partial charge on any atom is 0.218 e. The highest BCUT2D eigenvalue weighted by atomic mass is 35.5. The van der Waals surface area contributed by atoms with Crippen LogP contribution in [0.3, 0.4) is 0 Å². The number of nitrogens with one attached hydrogen (secondary N) is 1. The van der Waals surface area contributed by atoms with E-state index in [1.165, 1.54) is 22.5 Å². The van der Waals surface area contributed by atoms with Crippen LogP contribution in [0.15, 0.2) is 24.3 Å². The summed E-state index contributed by atoms with van der Waals surface area (Å²) in [7, 11) is -1.46. The first-order valence-electron chi connectivity index (χ1n) is 6.41. The minimum absolute atomic E-state index is 0. The second-order valence-corrected chi connectivity index (χ2v) is 6.82. The van der Waals surface area contributed by atoms with Crippen LogP contribution in [0.25, 0.3) is 0 Å². The Bertz CT molecular complexity index is 531. The predicted octanol–water partition coefficient (Wildman–Crippen LogP) is 1.76. The van der Waals surface area contributed by atoms with Gasteiger partial charge in [0.15, 0.2) is 0 Å². The lowest BCUT2D eigenvalue weighted by Gasteiger charge is -2.31. The summed E-state index contributed by atoms with van der Waals surface area (Å²) in [6, 6.07) is 6.15. The van der Waals surface area contributed by atoms with E-state index in [2.05, 4.69) is 5.32 Å². The summed E-state index contributed by atoms with van der Waals surface area (Å²) < 4.78 is 39.1. The van der Waals surface area contributed by atoms with Crippen molar-refractivity contribution in [2.45, 2.75) is 24.6 Å².